The quantitative estimate of drug-likeness (QED) is 0.578. The van der Waals surface area contributed by atoms with Crippen LogP contribution in [0.1, 0.15) is 60.3 Å². The van der Waals surface area contributed by atoms with Gasteiger partial charge in [0.05, 0.1) is 0 Å². The molecule has 0 aliphatic carbocycles. The van der Waals surface area contributed by atoms with Crippen LogP contribution < -0.4 is 0 Å². The van der Waals surface area contributed by atoms with Crippen molar-refractivity contribution in [3.63, 3.8) is 0 Å². The molecular weight excluding hydrogens is 306 g/mol. The van der Waals surface area contributed by atoms with Crippen LogP contribution >= 0.6 is 11.8 Å². The monoisotopic (exact) mass is 341 g/mol. The maximum Gasteiger partial charge on any atom is 0.278 e. The first kappa shape index (κ1) is 20.5. The number of likely N-dealkylation sites (tertiary alicyclic amines) is 2. The minimum Gasteiger partial charge on any atom is -0.337 e. The molecule has 0 aromatic carbocycles. The largest absolute Gasteiger partial charge is 0.337 e. The second-order valence-corrected chi connectivity index (χ2v) is 7.81. The van der Waals surface area contributed by atoms with Crippen molar-refractivity contribution in [3.05, 3.63) is 0 Å². The predicted molar refractivity (Wildman–Crippen MR) is 102 cm³/mol. The third kappa shape index (κ3) is 5.79. The van der Waals surface area contributed by atoms with Gasteiger partial charge in [-0.15, -0.1) is 0 Å². The van der Waals surface area contributed by atoms with E-state index in [0.717, 1.165) is 37.4 Å². The number of hydrogen-bond donors (Lipinski definition) is 0. The van der Waals surface area contributed by atoms with Gasteiger partial charge in [-0.25, -0.2) is 0 Å². The van der Waals surface area contributed by atoms with Crippen LogP contribution in [0.5, 0.6) is 0 Å². The lowest BCUT2D eigenvalue weighted by molar-refractivity contribution is -0.125. The molecule has 2 saturated heterocycles. The van der Waals surface area contributed by atoms with Gasteiger partial charge in [-0.1, -0.05) is 33.0 Å². The fraction of sp³-hybridized carbons (Fsp3) is 0.889. The highest BCUT2D eigenvalue weighted by Crippen LogP contribution is 2.23. The summed E-state index contributed by atoms with van der Waals surface area (Å²) in [6, 6.07) is 0.695. The van der Waals surface area contributed by atoms with Crippen LogP contribution in [0.4, 0.5) is 0 Å². The lowest BCUT2D eigenvalue weighted by Gasteiger charge is -2.36. The van der Waals surface area contributed by atoms with E-state index in [1.165, 1.54) is 25.9 Å². The molecule has 1 atom stereocenters. The fourth-order valence-corrected chi connectivity index (χ4v) is 4.23. The summed E-state index contributed by atoms with van der Waals surface area (Å²) in [4.78, 5) is 21.8. The van der Waals surface area contributed by atoms with Gasteiger partial charge in [0.2, 0.25) is 0 Å². The van der Waals surface area contributed by atoms with Gasteiger partial charge in [0.15, 0.2) is 5.04 Å². The zero-order valence-electron chi connectivity index (χ0n) is 14.4. The third-order valence-electron chi connectivity index (χ3n) is 4.78. The average molecular weight is 342 g/mol. The Hall–Kier alpha value is -0.550. The molecule has 2 rings (SSSR count). The third-order valence-corrected chi connectivity index (χ3v) is 6.04. The summed E-state index contributed by atoms with van der Waals surface area (Å²) < 4.78 is 0. The zero-order valence-corrected chi connectivity index (χ0v) is 15.2. The number of aliphatic imine (C=N–C) groups is 1. The number of carbonyl (C=O) groups is 1. The molecule has 0 saturated carbocycles. The fourth-order valence-electron chi connectivity index (χ4n) is 3.25. The van der Waals surface area contributed by atoms with E-state index in [9.17, 15) is 4.79 Å². The highest BCUT2D eigenvalue weighted by Gasteiger charge is 2.30. The summed E-state index contributed by atoms with van der Waals surface area (Å²) in [5.74, 6) is 0.159. The molecule has 4 nitrogen and oxygen atoms in total. The van der Waals surface area contributed by atoms with Crippen molar-refractivity contribution in [3.8, 4) is 0 Å². The molecule has 0 radical (unpaired) electrons. The summed E-state index contributed by atoms with van der Waals surface area (Å²) in [5, 5.41) is 1.17. The van der Waals surface area contributed by atoms with Crippen LogP contribution in [0.25, 0.3) is 0 Å². The van der Waals surface area contributed by atoms with Crippen LogP contribution in [-0.4, -0.2) is 64.8 Å². The number of nitrogens with zero attached hydrogens (tertiary/aromatic N) is 3. The van der Waals surface area contributed by atoms with Gasteiger partial charge >= 0.3 is 0 Å². The molecule has 0 spiro atoms. The molecule has 0 aromatic heterocycles. The number of piperidine rings is 1. The molecule has 134 valence electrons. The summed E-state index contributed by atoms with van der Waals surface area (Å²) in [5.41, 5.74) is 0. The second kappa shape index (κ2) is 10.3. The van der Waals surface area contributed by atoms with E-state index in [2.05, 4.69) is 23.7 Å². The van der Waals surface area contributed by atoms with E-state index in [1.54, 1.807) is 11.8 Å². The van der Waals surface area contributed by atoms with E-state index in [-0.39, 0.29) is 13.3 Å². The van der Waals surface area contributed by atoms with Crippen molar-refractivity contribution >= 4 is 22.7 Å². The number of thioether (sulfide) groups is 1. The SMILES string of the molecule is C.CCN=C(SC(C)CC)C(=O)N1CCC(N2CCCC2)CC1. The molecule has 0 aromatic rings. The minimum absolute atomic E-state index is 0. The summed E-state index contributed by atoms with van der Waals surface area (Å²) in [6.45, 7) is 11.3. The molecule has 5 heteroatoms. The Bertz CT molecular complexity index is 386. The van der Waals surface area contributed by atoms with E-state index in [1.807, 2.05) is 11.8 Å². The van der Waals surface area contributed by atoms with Crippen molar-refractivity contribution in [2.75, 3.05) is 32.7 Å². The van der Waals surface area contributed by atoms with Crippen LogP contribution in [0.3, 0.4) is 0 Å². The molecular formula is C18H35N3OS. The molecule has 2 aliphatic heterocycles. The molecule has 2 fully saturated rings. The molecule has 2 heterocycles. The van der Waals surface area contributed by atoms with Gasteiger partial charge in [0, 0.05) is 30.9 Å². The second-order valence-electron chi connectivity index (χ2n) is 6.38. The Morgan fingerprint density at radius 3 is 2.30 bits per heavy atom. The standard InChI is InChI=1S/C17H31N3OS.CH4/c1-4-14(3)22-16(18-5-2)17(21)20-12-8-15(9-13-20)19-10-6-7-11-19;/h14-15H,4-13H2,1-3H3;1H4. The number of amides is 1. The van der Waals surface area contributed by atoms with Gasteiger partial charge < -0.3 is 9.80 Å². The minimum atomic E-state index is 0. The molecule has 1 unspecified atom stereocenters. The molecule has 1 amide bonds. The first-order valence-electron chi connectivity index (χ1n) is 8.90. The van der Waals surface area contributed by atoms with Crippen molar-refractivity contribution in [1.29, 1.82) is 0 Å². The van der Waals surface area contributed by atoms with Crippen molar-refractivity contribution in [1.82, 2.24) is 9.80 Å². The highest BCUT2D eigenvalue weighted by atomic mass is 32.2. The predicted octanol–water partition coefficient (Wildman–Crippen LogP) is 3.66. The normalized spacial score (nSPS) is 22.0. The number of hydrogen-bond acceptors (Lipinski definition) is 4. The first-order chi connectivity index (χ1) is 10.7. The van der Waals surface area contributed by atoms with E-state index >= 15 is 0 Å². The van der Waals surface area contributed by atoms with Gasteiger partial charge in [-0.3, -0.25) is 9.79 Å². The van der Waals surface area contributed by atoms with Crippen molar-refractivity contribution in [2.45, 2.75) is 71.6 Å². The zero-order chi connectivity index (χ0) is 15.9. The summed E-state index contributed by atoms with van der Waals surface area (Å²) >= 11 is 1.65. The van der Waals surface area contributed by atoms with Crippen LogP contribution in [0.15, 0.2) is 4.99 Å². The molecule has 0 N–H and O–H groups in total. The van der Waals surface area contributed by atoms with Crippen LogP contribution in [0, 0.1) is 0 Å². The van der Waals surface area contributed by atoms with E-state index in [0.29, 0.717) is 17.8 Å². The van der Waals surface area contributed by atoms with E-state index < -0.39 is 0 Å². The average Bonchev–Trinajstić information content (AvgIpc) is 3.08. The topological polar surface area (TPSA) is 35.9 Å². The molecule has 2 aliphatic rings. The van der Waals surface area contributed by atoms with E-state index in [4.69, 9.17) is 0 Å². The smallest absolute Gasteiger partial charge is 0.278 e. The van der Waals surface area contributed by atoms with Gasteiger partial charge in [-0.05, 0) is 52.1 Å². The van der Waals surface area contributed by atoms with Gasteiger partial charge in [0.25, 0.3) is 5.91 Å². The lowest BCUT2D eigenvalue weighted by Crippen LogP contribution is -2.47. The molecule has 0 bridgehead atoms. The van der Waals surface area contributed by atoms with Crippen molar-refractivity contribution < 1.29 is 4.79 Å². The Kier molecular flexibility index (Phi) is 9.22. The number of rotatable bonds is 4. The summed E-state index contributed by atoms with van der Waals surface area (Å²) in [7, 11) is 0. The number of carbonyl (C=O) groups excluding carboxylic acids is 1. The van der Waals surface area contributed by atoms with Crippen LogP contribution in [-0.2, 0) is 4.79 Å². The molecule has 23 heavy (non-hydrogen) atoms. The van der Waals surface area contributed by atoms with Gasteiger partial charge in [0.1, 0.15) is 0 Å². The van der Waals surface area contributed by atoms with Gasteiger partial charge in [-0.2, -0.15) is 0 Å². The Morgan fingerprint density at radius 2 is 1.78 bits per heavy atom. The lowest BCUT2D eigenvalue weighted by atomic mass is 10.0. The Morgan fingerprint density at radius 1 is 1.17 bits per heavy atom. The Balaban J connectivity index is 0.00000264. The summed E-state index contributed by atoms with van der Waals surface area (Å²) in [6.07, 6.45) is 6.01. The first-order valence-corrected chi connectivity index (χ1v) is 9.78. The maximum absolute atomic E-state index is 12.7. The van der Waals surface area contributed by atoms with Crippen molar-refractivity contribution in [2.24, 2.45) is 4.99 Å². The Labute approximate surface area is 147 Å². The highest BCUT2D eigenvalue weighted by molar-refractivity contribution is 8.16. The maximum atomic E-state index is 12.7. The van der Waals surface area contributed by atoms with Crippen LogP contribution in [0.2, 0.25) is 0 Å².